The summed E-state index contributed by atoms with van der Waals surface area (Å²) in [6, 6.07) is 15.7. The topological polar surface area (TPSA) is 93.0 Å². The Kier molecular flexibility index (Phi) is 10.2. The highest BCUT2D eigenvalue weighted by molar-refractivity contribution is 6.07. The molecule has 0 radical (unpaired) electrons. The summed E-state index contributed by atoms with van der Waals surface area (Å²) < 4.78 is 17.6. The summed E-state index contributed by atoms with van der Waals surface area (Å²) in [5.74, 6) is 1.58. The zero-order valence-corrected chi connectivity index (χ0v) is 33.7. The molecule has 3 aromatic rings. The van der Waals surface area contributed by atoms with Crippen LogP contribution in [0.25, 0.3) is 27.5 Å². The number of carbonyl (C=O) groups excluding carboxylic acids is 2. The maximum Gasteiger partial charge on any atom is 0.228 e. The molecule has 0 spiro atoms. The number of hydrogen-bond acceptors (Lipinski definition) is 7. The average molecular weight is 745 g/mol. The van der Waals surface area contributed by atoms with Crippen molar-refractivity contribution in [2.24, 2.45) is 33.7 Å². The van der Waals surface area contributed by atoms with Crippen LogP contribution >= 0.6 is 0 Å². The molecular weight excluding hydrogens is 689 g/mol. The molecule has 8 rings (SSSR count). The number of rotatable bonds is 10. The van der Waals surface area contributed by atoms with Crippen LogP contribution in [0.1, 0.15) is 83.9 Å². The number of aliphatic imine (C=N–C) groups is 2. The minimum Gasteiger partial charge on any atom is -0.488 e. The minimum atomic E-state index is -0.246. The average Bonchev–Trinajstić information content (AvgIpc) is 4.01. The molecule has 0 aliphatic carbocycles. The predicted octanol–water partition coefficient (Wildman–Crippen LogP) is 8.42. The van der Waals surface area contributed by atoms with E-state index in [-0.39, 0.29) is 53.8 Å². The molecule has 7 atom stereocenters. The lowest BCUT2D eigenvalue weighted by atomic mass is 9.89. The van der Waals surface area contributed by atoms with Crippen molar-refractivity contribution in [1.82, 2.24) is 9.80 Å². The largest absolute Gasteiger partial charge is 0.488 e. The van der Waals surface area contributed by atoms with Gasteiger partial charge < -0.3 is 24.0 Å². The van der Waals surface area contributed by atoms with Gasteiger partial charge in [0, 0.05) is 74.7 Å². The summed E-state index contributed by atoms with van der Waals surface area (Å²) in [4.78, 5) is 41.5. The van der Waals surface area contributed by atoms with Gasteiger partial charge in [0.2, 0.25) is 11.8 Å². The Balaban J connectivity index is 1.00. The first-order valence-corrected chi connectivity index (χ1v) is 20.3. The minimum absolute atomic E-state index is 0.00139. The van der Waals surface area contributed by atoms with Crippen LogP contribution in [0.5, 0.6) is 5.75 Å². The number of ether oxygens (including phenoxy) is 3. The molecule has 5 aliphatic rings. The van der Waals surface area contributed by atoms with Crippen molar-refractivity contribution in [2.45, 2.75) is 104 Å². The van der Waals surface area contributed by atoms with E-state index in [1.165, 1.54) is 16.7 Å². The smallest absolute Gasteiger partial charge is 0.228 e. The van der Waals surface area contributed by atoms with Crippen LogP contribution in [0.3, 0.4) is 0 Å². The Labute approximate surface area is 325 Å². The number of amides is 2. The van der Waals surface area contributed by atoms with Crippen LogP contribution in [-0.4, -0.2) is 84.6 Å². The molecular formula is C46H56N4O5. The van der Waals surface area contributed by atoms with Crippen molar-refractivity contribution >= 4 is 45.3 Å². The number of fused-ring (bicyclic) bond motifs is 6. The molecule has 2 saturated heterocycles. The molecule has 0 N–H and O–H groups in total. The van der Waals surface area contributed by atoms with Gasteiger partial charge in [-0.1, -0.05) is 45.9 Å². The summed E-state index contributed by atoms with van der Waals surface area (Å²) in [7, 11) is 3.39. The van der Waals surface area contributed by atoms with Gasteiger partial charge >= 0.3 is 0 Å². The van der Waals surface area contributed by atoms with Gasteiger partial charge in [0.25, 0.3) is 0 Å². The van der Waals surface area contributed by atoms with E-state index in [2.05, 4.69) is 75.1 Å². The number of hydrogen-bond donors (Lipinski definition) is 0. The SMILES string of the molecule is COC[C@H]1C[C@@H](C2=Nc3ccc4cc5c(cc4c3C2)OCc2cc(C3=CN=C([C@@H]4CC[C@H](C)N4C(=O)[C@@H](C)C(C)C)C3)ccc2-5)N(C(=O)C(C)[C@@H](C)OC)C1. The van der Waals surface area contributed by atoms with Crippen molar-refractivity contribution < 1.29 is 23.8 Å². The Hall–Kier alpha value is -4.34. The lowest BCUT2D eigenvalue weighted by Crippen LogP contribution is -2.46. The van der Waals surface area contributed by atoms with Crippen molar-refractivity contribution in [3.05, 3.63) is 65.4 Å². The molecule has 290 valence electrons. The van der Waals surface area contributed by atoms with E-state index >= 15 is 0 Å². The first kappa shape index (κ1) is 37.6. The third kappa shape index (κ3) is 6.71. The zero-order chi connectivity index (χ0) is 38.7. The number of nitrogens with zero attached hydrogens (tertiary/aromatic N) is 4. The molecule has 3 aromatic carbocycles. The van der Waals surface area contributed by atoms with Crippen LogP contribution in [0.15, 0.2) is 58.6 Å². The molecule has 2 amide bonds. The van der Waals surface area contributed by atoms with E-state index < -0.39 is 0 Å². The monoisotopic (exact) mass is 744 g/mol. The molecule has 1 unspecified atom stereocenters. The molecule has 0 bridgehead atoms. The fraction of sp³-hybridized carbons (Fsp3) is 0.522. The second-order valence-corrected chi connectivity index (χ2v) is 17.0. The first-order chi connectivity index (χ1) is 26.5. The van der Waals surface area contributed by atoms with Crippen LogP contribution in [0, 0.1) is 23.7 Å². The maximum absolute atomic E-state index is 13.8. The lowest BCUT2D eigenvalue weighted by Gasteiger charge is -2.32. The number of benzene rings is 3. The molecule has 9 heteroatoms. The van der Waals surface area contributed by atoms with E-state index in [9.17, 15) is 9.59 Å². The number of methoxy groups -OCH3 is 2. The van der Waals surface area contributed by atoms with Gasteiger partial charge in [-0.25, -0.2) is 0 Å². The van der Waals surface area contributed by atoms with Gasteiger partial charge in [-0.05, 0) is 102 Å². The van der Waals surface area contributed by atoms with Gasteiger partial charge in [-0.3, -0.25) is 19.6 Å². The second-order valence-electron chi connectivity index (χ2n) is 17.0. The van der Waals surface area contributed by atoms with Gasteiger partial charge in [-0.15, -0.1) is 0 Å². The fourth-order valence-corrected chi connectivity index (χ4v) is 9.46. The summed E-state index contributed by atoms with van der Waals surface area (Å²) in [5.41, 5.74) is 10.1. The highest BCUT2D eigenvalue weighted by atomic mass is 16.5. The molecule has 55 heavy (non-hydrogen) atoms. The van der Waals surface area contributed by atoms with Crippen LogP contribution in [0.2, 0.25) is 0 Å². The Bertz CT molecular complexity index is 2120. The Morgan fingerprint density at radius 1 is 0.909 bits per heavy atom. The Morgan fingerprint density at radius 3 is 2.49 bits per heavy atom. The van der Waals surface area contributed by atoms with Gasteiger partial charge in [0.15, 0.2) is 0 Å². The van der Waals surface area contributed by atoms with E-state index in [0.29, 0.717) is 32.1 Å². The predicted molar refractivity (Wildman–Crippen MR) is 219 cm³/mol. The van der Waals surface area contributed by atoms with Gasteiger partial charge in [0.05, 0.1) is 36.4 Å². The van der Waals surface area contributed by atoms with E-state index in [0.717, 1.165) is 76.0 Å². The van der Waals surface area contributed by atoms with Crippen molar-refractivity contribution in [2.75, 3.05) is 27.4 Å². The lowest BCUT2D eigenvalue weighted by molar-refractivity contribution is -0.139. The summed E-state index contributed by atoms with van der Waals surface area (Å²) >= 11 is 0. The van der Waals surface area contributed by atoms with Crippen molar-refractivity contribution in [1.29, 1.82) is 0 Å². The zero-order valence-electron chi connectivity index (χ0n) is 33.7. The number of allylic oxidation sites excluding steroid dienone is 1. The molecule has 5 heterocycles. The van der Waals surface area contributed by atoms with Crippen LogP contribution < -0.4 is 4.74 Å². The summed E-state index contributed by atoms with van der Waals surface area (Å²) in [6.45, 7) is 14.2. The van der Waals surface area contributed by atoms with Gasteiger partial charge in [0.1, 0.15) is 12.4 Å². The second kappa shape index (κ2) is 15.0. The van der Waals surface area contributed by atoms with E-state index in [1.807, 2.05) is 24.9 Å². The van der Waals surface area contributed by atoms with Gasteiger partial charge in [-0.2, -0.15) is 0 Å². The number of likely N-dealkylation sites (tertiary alicyclic amines) is 2. The molecule has 9 nitrogen and oxygen atoms in total. The van der Waals surface area contributed by atoms with Crippen molar-refractivity contribution in [3.8, 4) is 16.9 Å². The third-order valence-corrected chi connectivity index (χ3v) is 13.4. The maximum atomic E-state index is 13.8. The highest BCUT2D eigenvalue weighted by Crippen LogP contribution is 2.45. The molecule has 5 aliphatic heterocycles. The standard InChI is InChI=1S/C46H56N4O5/c1-25(2)27(4)46(52)50-26(3)9-14-42(50)40-18-33(21-47-40)31-10-12-35-34(16-31)24-55-44-20-36-32(17-38(35)44)11-13-39-37(36)19-41(48-39)43-15-30(23-53-7)22-49(43)45(51)28(5)29(6)54-8/h10-13,16-17,20-21,25-30,42-43H,9,14-15,18-19,22-24H2,1-8H3/t26-,27-,28?,29+,30-,42-,43-/m0/s1. The molecule has 0 aromatic heterocycles. The van der Waals surface area contributed by atoms with E-state index in [4.69, 9.17) is 24.2 Å². The van der Waals surface area contributed by atoms with Crippen molar-refractivity contribution in [3.63, 3.8) is 0 Å². The molecule has 2 fully saturated rings. The van der Waals surface area contributed by atoms with Crippen LogP contribution in [0.4, 0.5) is 5.69 Å². The number of carbonyl (C=O) groups is 2. The molecule has 0 saturated carbocycles. The first-order valence-electron chi connectivity index (χ1n) is 20.3. The van der Waals surface area contributed by atoms with E-state index in [1.54, 1.807) is 14.2 Å². The highest BCUT2D eigenvalue weighted by Gasteiger charge is 2.43. The summed E-state index contributed by atoms with van der Waals surface area (Å²) in [5, 5.41) is 2.31. The quantitative estimate of drug-likeness (QED) is 0.208. The van der Waals surface area contributed by atoms with Crippen LogP contribution in [-0.2, 0) is 32.1 Å². The normalized spacial score (nSPS) is 24.6. The summed E-state index contributed by atoms with van der Waals surface area (Å²) in [6.07, 6.45) is 6.14. The third-order valence-electron chi connectivity index (χ3n) is 13.4. The Morgan fingerprint density at radius 2 is 1.73 bits per heavy atom. The fourth-order valence-electron chi connectivity index (χ4n) is 9.46.